The molecular formula is C16H16N2O2S. The van der Waals surface area contributed by atoms with E-state index in [-0.39, 0.29) is 17.2 Å². The van der Waals surface area contributed by atoms with Crippen molar-refractivity contribution in [3.8, 4) is 0 Å². The number of rotatable bonds is 3. The smallest absolute Gasteiger partial charge is 0.324 e. The zero-order valence-electron chi connectivity index (χ0n) is 11.7. The van der Waals surface area contributed by atoms with E-state index in [1.54, 1.807) is 0 Å². The van der Waals surface area contributed by atoms with E-state index in [9.17, 15) is 9.59 Å². The molecule has 2 aromatic carbocycles. The molecule has 1 aliphatic heterocycles. The fourth-order valence-electron chi connectivity index (χ4n) is 2.40. The van der Waals surface area contributed by atoms with Crippen LogP contribution in [0.25, 0.3) is 10.8 Å². The highest BCUT2D eigenvalue weighted by Gasteiger charge is 2.30. The summed E-state index contributed by atoms with van der Waals surface area (Å²) in [4.78, 5) is 26.1. The Labute approximate surface area is 127 Å². The fraction of sp³-hybridized carbons (Fsp3) is 0.250. The summed E-state index contributed by atoms with van der Waals surface area (Å²) in [5.41, 5.74) is 0. The molecule has 3 amide bonds. The van der Waals surface area contributed by atoms with Crippen molar-refractivity contribution < 1.29 is 9.59 Å². The van der Waals surface area contributed by atoms with Crippen LogP contribution in [-0.2, 0) is 4.79 Å². The molecule has 21 heavy (non-hydrogen) atoms. The molecule has 1 N–H and O–H groups in total. The number of benzene rings is 2. The topological polar surface area (TPSA) is 49.4 Å². The van der Waals surface area contributed by atoms with Gasteiger partial charge in [-0.25, -0.2) is 4.79 Å². The number of amides is 3. The molecule has 0 spiro atoms. The van der Waals surface area contributed by atoms with Gasteiger partial charge in [-0.2, -0.15) is 0 Å². The second-order valence-electron chi connectivity index (χ2n) is 4.99. The first-order valence-electron chi connectivity index (χ1n) is 6.90. The van der Waals surface area contributed by atoms with Gasteiger partial charge in [-0.15, -0.1) is 11.8 Å². The lowest BCUT2D eigenvalue weighted by Crippen LogP contribution is -2.38. The van der Waals surface area contributed by atoms with Crippen LogP contribution in [0.1, 0.15) is 6.92 Å². The average Bonchev–Trinajstić information content (AvgIpc) is 2.92. The van der Waals surface area contributed by atoms with Gasteiger partial charge in [0.1, 0.15) is 0 Å². The summed E-state index contributed by atoms with van der Waals surface area (Å²) in [6, 6.07) is 14.0. The van der Waals surface area contributed by atoms with Gasteiger partial charge in [0.25, 0.3) is 0 Å². The zero-order chi connectivity index (χ0) is 14.8. The first-order chi connectivity index (χ1) is 10.1. The Kier molecular flexibility index (Phi) is 3.84. The maximum absolute atomic E-state index is 12.3. The van der Waals surface area contributed by atoms with Gasteiger partial charge >= 0.3 is 6.03 Å². The van der Waals surface area contributed by atoms with E-state index in [1.807, 2.05) is 25.1 Å². The number of hydrogen-bond acceptors (Lipinski definition) is 3. The van der Waals surface area contributed by atoms with E-state index in [0.717, 1.165) is 10.3 Å². The van der Waals surface area contributed by atoms with E-state index in [0.29, 0.717) is 13.1 Å². The molecule has 5 heteroatoms. The van der Waals surface area contributed by atoms with Crippen LogP contribution < -0.4 is 5.32 Å². The van der Waals surface area contributed by atoms with Crippen LogP contribution in [0.2, 0.25) is 0 Å². The molecule has 1 aliphatic rings. The molecule has 1 atom stereocenters. The molecule has 0 saturated carbocycles. The lowest BCUT2D eigenvalue weighted by atomic mass is 10.1. The van der Waals surface area contributed by atoms with Crippen molar-refractivity contribution in [1.82, 2.24) is 10.2 Å². The van der Waals surface area contributed by atoms with Gasteiger partial charge in [0.2, 0.25) is 5.91 Å². The third-order valence-corrected chi connectivity index (χ3v) is 4.59. The van der Waals surface area contributed by atoms with Crippen molar-refractivity contribution in [2.24, 2.45) is 0 Å². The molecule has 108 valence electrons. The molecule has 2 aromatic rings. The number of carbonyl (C=O) groups is 2. The quantitative estimate of drug-likeness (QED) is 0.887. The number of urea groups is 1. The van der Waals surface area contributed by atoms with E-state index in [4.69, 9.17) is 0 Å². The lowest BCUT2D eigenvalue weighted by molar-refractivity contribution is -0.126. The third kappa shape index (κ3) is 2.88. The fourth-order valence-corrected chi connectivity index (χ4v) is 3.37. The minimum atomic E-state index is -0.286. The van der Waals surface area contributed by atoms with E-state index >= 15 is 0 Å². The molecule has 0 aromatic heterocycles. The van der Waals surface area contributed by atoms with Crippen LogP contribution in [0.15, 0.2) is 47.4 Å². The Hall–Kier alpha value is -2.01. The molecule has 4 nitrogen and oxygen atoms in total. The van der Waals surface area contributed by atoms with Crippen molar-refractivity contribution in [1.29, 1.82) is 0 Å². The van der Waals surface area contributed by atoms with Crippen molar-refractivity contribution >= 4 is 34.5 Å². The highest BCUT2D eigenvalue weighted by molar-refractivity contribution is 8.00. The van der Waals surface area contributed by atoms with Crippen LogP contribution in [0.4, 0.5) is 4.79 Å². The van der Waals surface area contributed by atoms with Crippen molar-refractivity contribution in [2.75, 3.05) is 13.1 Å². The Bertz CT molecular complexity index is 701. The normalized spacial score (nSPS) is 16.0. The summed E-state index contributed by atoms with van der Waals surface area (Å²) < 4.78 is 0. The molecular weight excluding hydrogens is 284 g/mol. The van der Waals surface area contributed by atoms with Gasteiger partial charge in [0, 0.05) is 18.0 Å². The summed E-state index contributed by atoms with van der Waals surface area (Å²) in [5.74, 6) is -0.136. The van der Waals surface area contributed by atoms with Crippen molar-refractivity contribution in [2.45, 2.75) is 17.1 Å². The molecule has 1 saturated heterocycles. The van der Waals surface area contributed by atoms with Crippen LogP contribution in [0.3, 0.4) is 0 Å². The van der Waals surface area contributed by atoms with Crippen LogP contribution in [-0.4, -0.2) is 35.2 Å². The number of fused-ring (bicyclic) bond motifs is 1. The first-order valence-corrected chi connectivity index (χ1v) is 7.78. The summed E-state index contributed by atoms with van der Waals surface area (Å²) in [5, 5.41) is 4.70. The van der Waals surface area contributed by atoms with E-state index < -0.39 is 0 Å². The monoisotopic (exact) mass is 300 g/mol. The molecule has 1 fully saturated rings. The molecule has 0 unspecified atom stereocenters. The second kappa shape index (κ2) is 5.77. The number of nitrogens with zero attached hydrogens (tertiary/aromatic N) is 1. The van der Waals surface area contributed by atoms with Gasteiger partial charge in [-0.05, 0) is 29.8 Å². The van der Waals surface area contributed by atoms with Crippen molar-refractivity contribution in [3.05, 3.63) is 42.5 Å². The maximum atomic E-state index is 12.3. The largest absolute Gasteiger partial charge is 0.336 e. The number of imide groups is 1. The summed E-state index contributed by atoms with van der Waals surface area (Å²) >= 11 is 1.48. The molecule has 0 bridgehead atoms. The summed E-state index contributed by atoms with van der Waals surface area (Å²) in [6.45, 7) is 2.84. The van der Waals surface area contributed by atoms with Crippen LogP contribution in [0, 0.1) is 0 Å². The number of carbonyl (C=O) groups excluding carboxylic acids is 2. The Morgan fingerprint density at radius 3 is 2.71 bits per heavy atom. The Balaban J connectivity index is 1.75. The Morgan fingerprint density at radius 2 is 2.00 bits per heavy atom. The van der Waals surface area contributed by atoms with E-state index in [1.165, 1.54) is 22.0 Å². The first kappa shape index (κ1) is 13.9. The van der Waals surface area contributed by atoms with Gasteiger partial charge in [-0.1, -0.05) is 30.3 Å². The predicted molar refractivity (Wildman–Crippen MR) is 84.4 cm³/mol. The standard InChI is InChI=1S/C16H16N2O2S/c1-11(15(19)18-9-8-17-16(18)20)21-14-7-6-12-4-2-3-5-13(12)10-14/h2-7,10-11H,8-9H2,1H3,(H,17,20)/t11-/m0/s1. The zero-order valence-corrected chi connectivity index (χ0v) is 12.5. The highest BCUT2D eigenvalue weighted by Crippen LogP contribution is 2.28. The maximum Gasteiger partial charge on any atom is 0.324 e. The van der Waals surface area contributed by atoms with Crippen LogP contribution in [0.5, 0.6) is 0 Å². The molecule has 0 radical (unpaired) electrons. The van der Waals surface area contributed by atoms with Gasteiger partial charge in [0.05, 0.1) is 5.25 Å². The van der Waals surface area contributed by atoms with Gasteiger partial charge < -0.3 is 5.32 Å². The minimum Gasteiger partial charge on any atom is -0.336 e. The SMILES string of the molecule is C[C@H](Sc1ccc2ccccc2c1)C(=O)N1CCNC1=O. The number of nitrogens with one attached hydrogen (secondary N) is 1. The molecule has 1 heterocycles. The summed E-state index contributed by atoms with van der Waals surface area (Å²) in [7, 11) is 0. The molecule has 0 aliphatic carbocycles. The van der Waals surface area contributed by atoms with Gasteiger partial charge in [0.15, 0.2) is 0 Å². The summed E-state index contributed by atoms with van der Waals surface area (Å²) in [6.07, 6.45) is 0. The predicted octanol–water partition coefficient (Wildman–Crippen LogP) is 2.87. The van der Waals surface area contributed by atoms with Crippen LogP contribution >= 0.6 is 11.8 Å². The van der Waals surface area contributed by atoms with Crippen molar-refractivity contribution in [3.63, 3.8) is 0 Å². The Morgan fingerprint density at radius 1 is 1.24 bits per heavy atom. The average molecular weight is 300 g/mol. The van der Waals surface area contributed by atoms with E-state index in [2.05, 4.69) is 29.6 Å². The third-order valence-electron chi connectivity index (χ3n) is 3.50. The minimum absolute atomic E-state index is 0.136. The molecule has 3 rings (SSSR count). The highest BCUT2D eigenvalue weighted by atomic mass is 32.2. The van der Waals surface area contributed by atoms with Gasteiger partial charge in [-0.3, -0.25) is 9.69 Å². The number of thioether (sulfide) groups is 1. The number of hydrogen-bond donors (Lipinski definition) is 1. The second-order valence-corrected chi connectivity index (χ2v) is 6.41. The lowest BCUT2D eigenvalue weighted by Gasteiger charge is -2.17.